The van der Waals surface area contributed by atoms with Gasteiger partial charge in [-0.05, 0) is 34.6 Å². The molecule has 2 aliphatic heterocycles. The second-order valence-corrected chi connectivity index (χ2v) is 7.16. The predicted octanol–water partition coefficient (Wildman–Crippen LogP) is 1.18. The van der Waals surface area contributed by atoms with Gasteiger partial charge in [-0.1, -0.05) is 0 Å². The average Bonchev–Trinajstić information content (AvgIpc) is 2.90. The van der Waals surface area contributed by atoms with E-state index in [4.69, 9.17) is 18.9 Å². The van der Waals surface area contributed by atoms with Crippen LogP contribution in [0.1, 0.15) is 34.6 Å². The van der Waals surface area contributed by atoms with Crippen LogP contribution in [0.4, 0.5) is 9.59 Å². The summed E-state index contributed by atoms with van der Waals surface area (Å²) in [5, 5.41) is 5.37. The van der Waals surface area contributed by atoms with E-state index in [1.54, 1.807) is 0 Å². The Morgan fingerprint density at radius 2 is 1.48 bits per heavy atom. The zero-order valence-corrected chi connectivity index (χ0v) is 14.3. The van der Waals surface area contributed by atoms with Gasteiger partial charge in [0, 0.05) is 11.6 Å². The Kier molecular flexibility index (Phi) is 5.36. The lowest BCUT2D eigenvalue weighted by Gasteiger charge is -2.23. The number of nitrogens with one attached hydrogen (secondary N) is 2. The SMILES string of the molecule is CC(C)NC(=O)O[C@@H]1CO[C@H]2[C@@H]1OC[C@@H]2OC(=O)NC(C)(C)C. The van der Waals surface area contributed by atoms with Crippen LogP contribution in [-0.2, 0) is 18.9 Å². The monoisotopic (exact) mass is 330 g/mol. The molecule has 2 rings (SSSR count). The molecule has 0 unspecified atom stereocenters. The zero-order valence-electron chi connectivity index (χ0n) is 14.3. The van der Waals surface area contributed by atoms with Crippen molar-refractivity contribution in [3.05, 3.63) is 0 Å². The van der Waals surface area contributed by atoms with Gasteiger partial charge < -0.3 is 29.6 Å². The number of ether oxygens (including phenoxy) is 4. The van der Waals surface area contributed by atoms with E-state index in [-0.39, 0.29) is 24.8 Å². The topological polar surface area (TPSA) is 95.1 Å². The Bertz CT molecular complexity index is 448. The molecule has 2 fully saturated rings. The molecule has 2 saturated heterocycles. The highest BCUT2D eigenvalue weighted by Gasteiger charge is 2.51. The van der Waals surface area contributed by atoms with Crippen molar-refractivity contribution < 1.29 is 28.5 Å². The van der Waals surface area contributed by atoms with Crippen molar-refractivity contribution in [3.63, 3.8) is 0 Å². The van der Waals surface area contributed by atoms with Gasteiger partial charge in [0.1, 0.15) is 12.2 Å². The first-order chi connectivity index (χ1) is 10.7. The summed E-state index contributed by atoms with van der Waals surface area (Å²) in [6.07, 6.45) is -2.87. The molecule has 0 aliphatic carbocycles. The van der Waals surface area contributed by atoms with Crippen molar-refractivity contribution >= 4 is 12.2 Å². The molecular formula is C15H26N2O6. The molecule has 0 spiro atoms. The number of carbonyl (C=O) groups is 2. The molecule has 0 bridgehead atoms. The lowest BCUT2D eigenvalue weighted by atomic mass is 10.1. The van der Waals surface area contributed by atoms with Gasteiger partial charge in [-0.25, -0.2) is 9.59 Å². The number of carbonyl (C=O) groups excluding carboxylic acids is 2. The van der Waals surface area contributed by atoms with E-state index in [0.29, 0.717) is 0 Å². The summed E-state index contributed by atoms with van der Waals surface area (Å²) in [6.45, 7) is 9.74. The number of amides is 2. The maximum absolute atomic E-state index is 11.8. The first-order valence-corrected chi connectivity index (χ1v) is 7.85. The van der Waals surface area contributed by atoms with Gasteiger partial charge in [0.15, 0.2) is 12.2 Å². The molecule has 132 valence electrons. The quantitative estimate of drug-likeness (QED) is 0.807. The second-order valence-electron chi connectivity index (χ2n) is 7.16. The number of hydrogen-bond donors (Lipinski definition) is 2. The third-order valence-corrected chi connectivity index (χ3v) is 3.36. The Morgan fingerprint density at radius 1 is 1.00 bits per heavy atom. The van der Waals surface area contributed by atoms with E-state index >= 15 is 0 Å². The third kappa shape index (κ3) is 4.97. The molecule has 0 aromatic carbocycles. The highest BCUT2D eigenvalue weighted by Crippen LogP contribution is 2.30. The number of fused-ring (bicyclic) bond motifs is 1. The minimum absolute atomic E-state index is 0.0118. The fourth-order valence-electron chi connectivity index (χ4n) is 2.51. The molecule has 0 aromatic rings. The summed E-state index contributed by atoms with van der Waals surface area (Å²) in [7, 11) is 0. The van der Waals surface area contributed by atoms with Crippen LogP contribution in [0, 0.1) is 0 Å². The lowest BCUT2D eigenvalue weighted by molar-refractivity contribution is -0.0131. The maximum atomic E-state index is 11.8. The lowest BCUT2D eigenvalue weighted by Crippen LogP contribution is -2.44. The molecule has 2 amide bonds. The first kappa shape index (κ1) is 17.8. The van der Waals surface area contributed by atoms with Gasteiger partial charge in [-0.15, -0.1) is 0 Å². The summed E-state index contributed by atoms with van der Waals surface area (Å²) in [5.74, 6) is 0. The number of hydrogen-bond acceptors (Lipinski definition) is 6. The fourth-order valence-corrected chi connectivity index (χ4v) is 2.51. The normalized spacial score (nSPS) is 30.0. The van der Waals surface area contributed by atoms with E-state index in [0.717, 1.165) is 0 Å². The molecule has 0 aromatic heterocycles. The van der Waals surface area contributed by atoms with Gasteiger partial charge in [-0.3, -0.25) is 0 Å². The molecule has 0 saturated carbocycles. The van der Waals surface area contributed by atoms with Gasteiger partial charge in [0.05, 0.1) is 13.2 Å². The van der Waals surface area contributed by atoms with Crippen LogP contribution in [0.2, 0.25) is 0 Å². The second kappa shape index (κ2) is 6.92. The highest BCUT2D eigenvalue weighted by molar-refractivity contribution is 5.68. The van der Waals surface area contributed by atoms with E-state index < -0.39 is 36.6 Å². The number of rotatable bonds is 3. The van der Waals surface area contributed by atoms with Gasteiger partial charge in [0.25, 0.3) is 0 Å². The van der Waals surface area contributed by atoms with Crippen LogP contribution in [0.3, 0.4) is 0 Å². The summed E-state index contributed by atoms with van der Waals surface area (Å²) < 4.78 is 21.9. The fraction of sp³-hybridized carbons (Fsp3) is 0.867. The van der Waals surface area contributed by atoms with Crippen molar-refractivity contribution in [2.75, 3.05) is 13.2 Å². The van der Waals surface area contributed by atoms with Crippen molar-refractivity contribution in [2.45, 2.75) is 70.6 Å². The molecule has 0 radical (unpaired) electrons. The standard InChI is InChI=1S/C15H26N2O6/c1-8(2)16-13(18)22-9-6-20-12-10(7-21-11(9)12)23-14(19)17-15(3,4)5/h8-12H,6-7H2,1-5H3,(H,16,18)(H,17,19)/t9-,10+,11-,12-/m1/s1. The van der Waals surface area contributed by atoms with Crippen molar-refractivity contribution in [1.82, 2.24) is 10.6 Å². The molecule has 4 atom stereocenters. The molecule has 8 nitrogen and oxygen atoms in total. The van der Waals surface area contributed by atoms with E-state index in [9.17, 15) is 9.59 Å². The largest absolute Gasteiger partial charge is 0.441 e. The van der Waals surface area contributed by atoms with E-state index in [1.807, 2.05) is 34.6 Å². The minimum Gasteiger partial charge on any atom is -0.441 e. The maximum Gasteiger partial charge on any atom is 0.407 e. The molecule has 2 aliphatic rings. The van der Waals surface area contributed by atoms with Crippen molar-refractivity contribution in [3.8, 4) is 0 Å². The van der Waals surface area contributed by atoms with E-state index in [2.05, 4.69) is 10.6 Å². The van der Waals surface area contributed by atoms with Crippen LogP contribution < -0.4 is 10.6 Å². The molecule has 8 heteroatoms. The Morgan fingerprint density at radius 3 is 1.91 bits per heavy atom. The Balaban J connectivity index is 1.84. The van der Waals surface area contributed by atoms with Crippen LogP contribution in [0.5, 0.6) is 0 Å². The van der Waals surface area contributed by atoms with Crippen LogP contribution in [0.15, 0.2) is 0 Å². The zero-order chi connectivity index (χ0) is 17.2. The smallest absolute Gasteiger partial charge is 0.407 e. The Labute approximate surface area is 136 Å². The van der Waals surface area contributed by atoms with Crippen LogP contribution in [-0.4, -0.2) is 61.4 Å². The summed E-state index contributed by atoms with van der Waals surface area (Å²) in [5.41, 5.74) is -0.382. The summed E-state index contributed by atoms with van der Waals surface area (Å²) in [4.78, 5) is 23.5. The first-order valence-electron chi connectivity index (χ1n) is 7.85. The minimum atomic E-state index is -0.516. The van der Waals surface area contributed by atoms with E-state index in [1.165, 1.54) is 0 Å². The summed E-state index contributed by atoms with van der Waals surface area (Å²) >= 11 is 0. The summed E-state index contributed by atoms with van der Waals surface area (Å²) in [6, 6.07) is -0.0118. The molecular weight excluding hydrogens is 304 g/mol. The molecule has 23 heavy (non-hydrogen) atoms. The van der Waals surface area contributed by atoms with Gasteiger partial charge in [0.2, 0.25) is 0 Å². The average molecular weight is 330 g/mol. The highest BCUT2D eigenvalue weighted by atomic mass is 16.7. The molecule has 2 heterocycles. The van der Waals surface area contributed by atoms with Crippen LogP contribution >= 0.6 is 0 Å². The number of alkyl carbamates (subject to hydrolysis) is 2. The van der Waals surface area contributed by atoms with Crippen molar-refractivity contribution in [2.24, 2.45) is 0 Å². The van der Waals surface area contributed by atoms with Gasteiger partial charge in [-0.2, -0.15) is 0 Å². The molecule has 2 N–H and O–H groups in total. The predicted molar refractivity (Wildman–Crippen MR) is 81.2 cm³/mol. The Hall–Kier alpha value is -1.54. The van der Waals surface area contributed by atoms with Crippen LogP contribution in [0.25, 0.3) is 0 Å². The van der Waals surface area contributed by atoms with Crippen molar-refractivity contribution in [1.29, 1.82) is 0 Å². The third-order valence-electron chi connectivity index (χ3n) is 3.36. The van der Waals surface area contributed by atoms with Gasteiger partial charge >= 0.3 is 12.2 Å².